The minimum absolute atomic E-state index is 0.658. The van der Waals surface area contributed by atoms with Gasteiger partial charge in [-0.15, -0.1) is 0 Å². The molecule has 0 spiro atoms. The molecule has 80 valence electrons. The van der Waals surface area contributed by atoms with Gasteiger partial charge in [-0.25, -0.2) is 0 Å². The van der Waals surface area contributed by atoms with Crippen LogP contribution < -0.4 is 9.47 Å². The van der Waals surface area contributed by atoms with Crippen LogP contribution in [-0.2, 0) is 0 Å². The topological polar surface area (TPSA) is 18.5 Å². The van der Waals surface area contributed by atoms with Crippen LogP contribution in [0, 0.1) is 0 Å². The van der Waals surface area contributed by atoms with Crippen molar-refractivity contribution >= 4 is 6.08 Å². The van der Waals surface area contributed by atoms with E-state index in [1.165, 1.54) is 0 Å². The minimum Gasteiger partial charge on any atom is -0.493 e. The van der Waals surface area contributed by atoms with Crippen molar-refractivity contribution in [2.45, 2.75) is 19.8 Å². The zero-order chi connectivity index (χ0) is 10.5. The maximum absolute atomic E-state index is 5.61. The fraction of sp³-hybridized carbons (Fsp3) is 0.385. The summed E-state index contributed by atoms with van der Waals surface area (Å²) in [6.45, 7) is 3.60. The van der Waals surface area contributed by atoms with Gasteiger partial charge in [-0.2, -0.15) is 0 Å². The monoisotopic (exact) mass is 204 g/mol. The van der Waals surface area contributed by atoms with Gasteiger partial charge in [0.05, 0.1) is 6.61 Å². The molecule has 1 heterocycles. The van der Waals surface area contributed by atoms with Crippen LogP contribution in [0.2, 0.25) is 0 Å². The van der Waals surface area contributed by atoms with Gasteiger partial charge in [0.25, 0.3) is 0 Å². The Labute approximate surface area is 90.5 Å². The summed E-state index contributed by atoms with van der Waals surface area (Å²) in [5, 5.41) is 0. The first-order valence-electron chi connectivity index (χ1n) is 5.46. The lowest BCUT2D eigenvalue weighted by Crippen LogP contribution is -2.01. The minimum atomic E-state index is 0.658. The quantitative estimate of drug-likeness (QED) is 0.701. The molecular weight excluding hydrogens is 188 g/mol. The summed E-state index contributed by atoms with van der Waals surface area (Å²) >= 11 is 0. The SMILES string of the molecule is CCCCOc1ccc2c(c1)OCC=C2. The molecule has 1 aliphatic rings. The number of ether oxygens (including phenoxy) is 2. The van der Waals surface area contributed by atoms with E-state index in [-0.39, 0.29) is 0 Å². The molecule has 0 N–H and O–H groups in total. The molecule has 0 aliphatic carbocycles. The second kappa shape index (κ2) is 4.87. The van der Waals surface area contributed by atoms with E-state index in [4.69, 9.17) is 9.47 Å². The third-order valence-corrected chi connectivity index (χ3v) is 2.38. The molecule has 0 amide bonds. The molecule has 2 nitrogen and oxygen atoms in total. The number of hydrogen-bond acceptors (Lipinski definition) is 2. The zero-order valence-corrected chi connectivity index (χ0v) is 9.03. The van der Waals surface area contributed by atoms with Crippen LogP contribution in [0.1, 0.15) is 25.3 Å². The molecule has 1 aromatic rings. The molecule has 15 heavy (non-hydrogen) atoms. The third-order valence-electron chi connectivity index (χ3n) is 2.38. The molecule has 2 rings (SSSR count). The maximum Gasteiger partial charge on any atom is 0.130 e. The Hall–Kier alpha value is -1.44. The molecule has 1 aliphatic heterocycles. The molecule has 0 fully saturated rings. The third kappa shape index (κ3) is 2.52. The lowest BCUT2D eigenvalue weighted by atomic mass is 10.1. The van der Waals surface area contributed by atoms with E-state index < -0.39 is 0 Å². The highest BCUT2D eigenvalue weighted by Gasteiger charge is 2.06. The Morgan fingerprint density at radius 1 is 1.40 bits per heavy atom. The first-order chi connectivity index (χ1) is 7.40. The van der Waals surface area contributed by atoms with Crippen LogP contribution in [0.5, 0.6) is 11.5 Å². The van der Waals surface area contributed by atoms with Crippen LogP contribution in [0.4, 0.5) is 0 Å². The highest BCUT2D eigenvalue weighted by molar-refractivity contribution is 5.60. The van der Waals surface area contributed by atoms with Gasteiger partial charge in [-0.05, 0) is 24.6 Å². The summed E-state index contributed by atoms with van der Waals surface area (Å²) in [5.74, 6) is 1.82. The Bertz CT molecular complexity index is 356. The molecule has 2 heteroatoms. The van der Waals surface area contributed by atoms with Crippen molar-refractivity contribution in [2.75, 3.05) is 13.2 Å². The number of fused-ring (bicyclic) bond motifs is 1. The van der Waals surface area contributed by atoms with E-state index in [1.54, 1.807) is 0 Å². The fourth-order valence-corrected chi connectivity index (χ4v) is 1.51. The van der Waals surface area contributed by atoms with E-state index in [0.717, 1.165) is 36.5 Å². The highest BCUT2D eigenvalue weighted by Crippen LogP contribution is 2.28. The number of rotatable bonds is 4. The second-order valence-corrected chi connectivity index (χ2v) is 3.62. The summed E-state index contributed by atoms with van der Waals surface area (Å²) < 4.78 is 11.1. The van der Waals surface area contributed by atoms with Crippen LogP contribution in [0.15, 0.2) is 24.3 Å². The summed E-state index contributed by atoms with van der Waals surface area (Å²) in [5.41, 5.74) is 1.13. The molecule has 0 aromatic heterocycles. The van der Waals surface area contributed by atoms with Gasteiger partial charge in [0.15, 0.2) is 0 Å². The molecule has 0 atom stereocenters. The van der Waals surface area contributed by atoms with Crippen molar-refractivity contribution in [1.82, 2.24) is 0 Å². The maximum atomic E-state index is 5.61. The molecule has 1 aromatic carbocycles. The van der Waals surface area contributed by atoms with Gasteiger partial charge in [0, 0.05) is 11.6 Å². The molecule has 0 bridgehead atoms. The van der Waals surface area contributed by atoms with Gasteiger partial charge in [-0.1, -0.05) is 19.4 Å². The van der Waals surface area contributed by atoms with E-state index in [1.807, 2.05) is 24.3 Å². The number of unbranched alkanes of at least 4 members (excludes halogenated alkanes) is 1. The first kappa shape index (κ1) is 10.1. The standard InChI is InChI=1S/C13H16O2/c1-2-3-8-14-12-7-6-11-5-4-9-15-13(11)10-12/h4-7,10H,2-3,8-9H2,1H3. The fourth-order valence-electron chi connectivity index (χ4n) is 1.51. The average molecular weight is 204 g/mol. The van der Waals surface area contributed by atoms with Crippen molar-refractivity contribution in [3.63, 3.8) is 0 Å². The normalized spacial score (nSPS) is 13.1. The summed E-state index contributed by atoms with van der Waals surface area (Å²) in [6.07, 6.45) is 6.34. The predicted octanol–water partition coefficient (Wildman–Crippen LogP) is 3.27. The Balaban J connectivity index is 2.04. The van der Waals surface area contributed by atoms with Gasteiger partial charge < -0.3 is 9.47 Å². The molecule has 0 saturated heterocycles. The van der Waals surface area contributed by atoms with E-state index in [2.05, 4.69) is 13.0 Å². The highest BCUT2D eigenvalue weighted by atomic mass is 16.5. The Morgan fingerprint density at radius 3 is 3.20 bits per heavy atom. The van der Waals surface area contributed by atoms with Crippen molar-refractivity contribution < 1.29 is 9.47 Å². The lowest BCUT2D eigenvalue weighted by Gasteiger charge is -2.13. The lowest BCUT2D eigenvalue weighted by molar-refractivity contribution is 0.304. The van der Waals surface area contributed by atoms with Gasteiger partial charge >= 0.3 is 0 Å². The Morgan fingerprint density at radius 2 is 2.33 bits per heavy atom. The summed E-state index contributed by atoms with van der Waals surface area (Å²) in [4.78, 5) is 0. The van der Waals surface area contributed by atoms with Crippen molar-refractivity contribution in [1.29, 1.82) is 0 Å². The zero-order valence-electron chi connectivity index (χ0n) is 9.03. The smallest absolute Gasteiger partial charge is 0.130 e. The molecule has 0 saturated carbocycles. The summed E-state index contributed by atoms with van der Waals surface area (Å²) in [7, 11) is 0. The van der Waals surface area contributed by atoms with E-state index >= 15 is 0 Å². The number of benzene rings is 1. The van der Waals surface area contributed by atoms with Gasteiger partial charge in [0.1, 0.15) is 18.1 Å². The van der Waals surface area contributed by atoms with Crippen molar-refractivity contribution in [3.05, 3.63) is 29.8 Å². The van der Waals surface area contributed by atoms with Crippen LogP contribution >= 0.6 is 0 Å². The van der Waals surface area contributed by atoms with Gasteiger partial charge in [-0.3, -0.25) is 0 Å². The van der Waals surface area contributed by atoms with Crippen LogP contribution in [0.25, 0.3) is 6.08 Å². The van der Waals surface area contributed by atoms with E-state index in [9.17, 15) is 0 Å². The van der Waals surface area contributed by atoms with E-state index in [0.29, 0.717) is 6.61 Å². The first-order valence-corrected chi connectivity index (χ1v) is 5.46. The largest absolute Gasteiger partial charge is 0.493 e. The second-order valence-electron chi connectivity index (χ2n) is 3.62. The Kier molecular flexibility index (Phi) is 3.28. The van der Waals surface area contributed by atoms with Crippen LogP contribution in [-0.4, -0.2) is 13.2 Å². The predicted molar refractivity (Wildman–Crippen MR) is 61.4 cm³/mol. The molecule has 0 unspecified atom stereocenters. The molecule has 0 radical (unpaired) electrons. The molecular formula is C13H16O2. The summed E-state index contributed by atoms with van der Waals surface area (Å²) in [6, 6.07) is 5.99. The number of hydrogen-bond donors (Lipinski definition) is 0. The van der Waals surface area contributed by atoms with Gasteiger partial charge in [0.2, 0.25) is 0 Å². The van der Waals surface area contributed by atoms with Crippen molar-refractivity contribution in [2.24, 2.45) is 0 Å². The van der Waals surface area contributed by atoms with Crippen molar-refractivity contribution in [3.8, 4) is 11.5 Å². The van der Waals surface area contributed by atoms with Crippen LogP contribution in [0.3, 0.4) is 0 Å². The average Bonchev–Trinajstić information content (AvgIpc) is 2.29.